The monoisotopic (exact) mass is 362 g/mol. The first-order valence-corrected chi connectivity index (χ1v) is 9.06. The molecule has 1 aromatic heterocycles. The van der Waals surface area contributed by atoms with Crippen LogP contribution in [0.3, 0.4) is 0 Å². The van der Waals surface area contributed by atoms with E-state index < -0.39 is 11.7 Å². The predicted molar refractivity (Wildman–Crippen MR) is 104 cm³/mol. The number of nitrogens with one attached hydrogen (secondary N) is 2. The van der Waals surface area contributed by atoms with Crippen molar-refractivity contribution in [2.45, 2.75) is 46.3 Å². The van der Waals surface area contributed by atoms with Crippen molar-refractivity contribution < 1.29 is 14.3 Å². The Hall–Kier alpha value is -2.21. The van der Waals surface area contributed by atoms with Crippen LogP contribution in [0, 0.1) is 6.92 Å². The smallest absolute Gasteiger partial charge is 0.412 e. The van der Waals surface area contributed by atoms with Gasteiger partial charge in [-0.25, -0.2) is 4.79 Å². The average molecular weight is 362 g/mol. The number of anilines is 2. The van der Waals surface area contributed by atoms with E-state index in [9.17, 15) is 4.79 Å². The number of aryl methyl sites for hydroxylation is 1. The molecule has 1 amide bonds. The zero-order valence-electron chi connectivity index (χ0n) is 15.6. The van der Waals surface area contributed by atoms with Gasteiger partial charge < -0.3 is 14.8 Å². The van der Waals surface area contributed by atoms with Gasteiger partial charge in [0.2, 0.25) is 0 Å². The van der Waals surface area contributed by atoms with Gasteiger partial charge in [-0.05, 0) is 63.8 Å². The van der Waals surface area contributed by atoms with Crippen molar-refractivity contribution in [3.8, 4) is 5.75 Å². The number of carbonyl (C=O) groups is 1. The summed E-state index contributed by atoms with van der Waals surface area (Å²) < 4.78 is 10.7. The molecule has 2 aromatic rings. The lowest BCUT2D eigenvalue weighted by molar-refractivity contribution is 0.0635. The summed E-state index contributed by atoms with van der Waals surface area (Å²) in [5.74, 6) is 0.575. The Morgan fingerprint density at radius 3 is 2.52 bits per heavy atom. The number of rotatable bonds is 5. The molecule has 0 aliphatic carbocycles. The van der Waals surface area contributed by atoms with Crippen molar-refractivity contribution in [3.63, 3.8) is 0 Å². The van der Waals surface area contributed by atoms with Gasteiger partial charge in [-0.3, -0.25) is 5.32 Å². The molecule has 2 rings (SSSR count). The van der Waals surface area contributed by atoms with Gasteiger partial charge in [-0.15, -0.1) is 11.3 Å². The van der Waals surface area contributed by atoms with E-state index in [0.717, 1.165) is 5.69 Å². The lowest BCUT2D eigenvalue weighted by atomic mass is 10.1. The summed E-state index contributed by atoms with van der Waals surface area (Å²) in [5, 5.41) is 8.28. The molecule has 5 nitrogen and oxygen atoms in total. The number of methoxy groups -OCH3 is 1. The van der Waals surface area contributed by atoms with Crippen molar-refractivity contribution in [1.29, 1.82) is 0 Å². The summed E-state index contributed by atoms with van der Waals surface area (Å²) in [7, 11) is 1.58. The highest BCUT2D eigenvalue weighted by molar-refractivity contribution is 7.10. The molecule has 0 saturated heterocycles. The first-order valence-electron chi connectivity index (χ1n) is 8.18. The first kappa shape index (κ1) is 19.1. The Balaban J connectivity index is 2.11. The largest absolute Gasteiger partial charge is 0.494 e. The minimum Gasteiger partial charge on any atom is -0.494 e. The van der Waals surface area contributed by atoms with Crippen LogP contribution < -0.4 is 15.4 Å². The summed E-state index contributed by atoms with van der Waals surface area (Å²) in [6, 6.07) is 7.89. The minimum atomic E-state index is -0.549. The standard InChI is InChI=1S/C19H26N2O3S/c1-12-9-10-25-17(12)13(2)20-14-7-8-15(16(11-14)23-6)21-18(22)24-19(3,4)5/h7-11,13,20H,1-6H3,(H,21,22). The second-order valence-corrected chi connectivity index (χ2v) is 7.82. The van der Waals surface area contributed by atoms with Crippen molar-refractivity contribution in [2.24, 2.45) is 0 Å². The van der Waals surface area contributed by atoms with Gasteiger partial charge in [0.15, 0.2) is 0 Å². The summed E-state index contributed by atoms with van der Waals surface area (Å²) in [4.78, 5) is 13.2. The van der Waals surface area contributed by atoms with E-state index in [1.807, 2.05) is 32.9 Å². The van der Waals surface area contributed by atoms with Gasteiger partial charge in [-0.2, -0.15) is 0 Å². The van der Waals surface area contributed by atoms with Crippen LogP contribution in [-0.4, -0.2) is 18.8 Å². The average Bonchev–Trinajstić information content (AvgIpc) is 2.93. The highest BCUT2D eigenvalue weighted by Crippen LogP contribution is 2.32. The quantitative estimate of drug-likeness (QED) is 0.728. The van der Waals surface area contributed by atoms with Crippen LogP contribution in [0.2, 0.25) is 0 Å². The molecule has 1 atom stereocenters. The van der Waals surface area contributed by atoms with E-state index in [2.05, 4.69) is 35.9 Å². The fraction of sp³-hybridized carbons (Fsp3) is 0.421. The number of carbonyl (C=O) groups excluding carboxylic acids is 1. The van der Waals surface area contributed by atoms with E-state index in [1.165, 1.54) is 10.4 Å². The van der Waals surface area contributed by atoms with E-state index in [1.54, 1.807) is 24.5 Å². The van der Waals surface area contributed by atoms with Crippen LogP contribution >= 0.6 is 11.3 Å². The number of hydrogen-bond acceptors (Lipinski definition) is 5. The van der Waals surface area contributed by atoms with Crippen LogP contribution in [-0.2, 0) is 4.74 Å². The van der Waals surface area contributed by atoms with Crippen molar-refractivity contribution in [3.05, 3.63) is 40.1 Å². The highest BCUT2D eigenvalue weighted by atomic mass is 32.1. The minimum absolute atomic E-state index is 0.189. The van der Waals surface area contributed by atoms with Gasteiger partial charge in [0, 0.05) is 16.6 Å². The summed E-state index contributed by atoms with van der Waals surface area (Å²) in [5.41, 5.74) is 2.22. The molecule has 0 aliphatic heterocycles. The molecule has 1 unspecified atom stereocenters. The highest BCUT2D eigenvalue weighted by Gasteiger charge is 2.18. The SMILES string of the molecule is COc1cc(NC(C)c2sccc2C)ccc1NC(=O)OC(C)(C)C. The normalized spacial score (nSPS) is 12.4. The van der Waals surface area contributed by atoms with E-state index in [-0.39, 0.29) is 6.04 Å². The first-order chi connectivity index (χ1) is 11.7. The second kappa shape index (κ2) is 7.78. The predicted octanol–water partition coefficient (Wildman–Crippen LogP) is 5.59. The summed E-state index contributed by atoms with van der Waals surface area (Å²) >= 11 is 1.74. The summed E-state index contributed by atoms with van der Waals surface area (Å²) in [6.07, 6.45) is -0.505. The zero-order valence-corrected chi connectivity index (χ0v) is 16.4. The zero-order chi connectivity index (χ0) is 18.6. The molecule has 0 bridgehead atoms. The lowest BCUT2D eigenvalue weighted by Gasteiger charge is -2.21. The van der Waals surface area contributed by atoms with Gasteiger partial charge in [0.05, 0.1) is 18.8 Å². The van der Waals surface area contributed by atoms with Gasteiger partial charge in [0.25, 0.3) is 0 Å². The fourth-order valence-corrected chi connectivity index (χ4v) is 3.38. The maximum absolute atomic E-state index is 11.9. The molecular weight excluding hydrogens is 336 g/mol. The number of benzene rings is 1. The third kappa shape index (κ3) is 5.39. The molecule has 2 N–H and O–H groups in total. The molecule has 0 aliphatic rings. The Kier molecular flexibility index (Phi) is 5.95. The Morgan fingerprint density at radius 1 is 1.24 bits per heavy atom. The van der Waals surface area contributed by atoms with E-state index in [0.29, 0.717) is 11.4 Å². The molecular formula is C19H26N2O3S. The van der Waals surface area contributed by atoms with Gasteiger partial charge >= 0.3 is 6.09 Å². The van der Waals surface area contributed by atoms with E-state index in [4.69, 9.17) is 9.47 Å². The fourth-order valence-electron chi connectivity index (χ4n) is 2.44. The molecule has 1 heterocycles. The molecule has 136 valence electrons. The third-order valence-corrected chi connectivity index (χ3v) is 4.72. The second-order valence-electron chi connectivity index (χ2n) is 6.88. The van der Waals surface area contributed by atoms with Crippen LogP contribution in [0.15, 0.2) is 29.6 Å². The maximum Gasteiger partial charge on any atom is 0.412 e. The molecule has 6 heteroatoms. The maximum atomic E-state index is 11.9. The molecule has 0 fully saturated rings. The molecule has 0 radical (unpaired) electrons. The van der Waals surface area contributed by atoms with Gasteiger partial charge in [-0.1, -0.05) is 0 Å². The molecule has 0 saturated carbocycles. The Morgan fingerprint density at radius 2 is 1.96 bits per heavy atom. The van der Waals surface area contributed by atoms with Crippen molar-refractivity contribution in [2.75, 3.05) is 17.7 Å². The van der Waals surface area contributed by atoms with Crippen LogP contribution in [0.25, 0.3) is 0 Å². The van der Waals surface area contributed by atoms with Gasteiger partial charge in [0.1, 0.15) is 11.4 Å². The number of ether oxygens (including phenoxy) is 2. The van der Waals surface area contributed by atoms with Crippen molar-refractivity contribution >= 4 is 28.8 Å². The number of amides is 1. The Bertz CT molecular complexity index is 735. The Labute approximate surface area is 153 Å². The van der Waals surface area contributed by atoms with Crippen molar-refractivity contribution in [1.82, 2.24) is 0 Å². The molecule has 0 spiro atoms. The number of thiophene rings is 1. The van der Waals surface area contributed by atoms with Crippen LogP contribution in [0.1, 0.15) is 44.2 Å². The lowest BCUT2D eigenvalue weighted by Crippen LogP contribution is -2.27. The molecule has 25 heavy (non-hydrogen) atoms. The molecule has 1 aromatic carbocycles. The third-order valence-electron chi connectivity index (χ3n) is 3.52. The van der Waals surface area contributed by atoms with Crippen LogP contribution in [0.5, 0.6) is 5.75 Å². The van der Waals surface area contributed by atoms with Crippen LogP contribution in [0.4, 0.5) is 16.2 Å². The number of hydrogen-bond donors (Lipinski definition) is 2. The summed E-state index contributed by atoms with van der Waals surface area (Å²) in [6.45, 7) is 9.71. The topological polar surface area (TPSA) is 59.6 Å². The van der Waals surface area contributed by atoms with E-state index >= 15 is 0 Å².